The molecule has 0 bridgehead atoms. The Kier molecular flexibility index (Phi) is 3.21. The van der Waals surface area contributed by atoms with Crippen molar-refractivity contribution >= 4 is 10.0 Å². The molecule has 0 aliphatic carbocycles. The van der Waals surface area contributed by atoms with E-state index in [0.717, 1.165) is 0 Å². The third-order valence-corrected chi connectivity index (χ3v) is 4.37. The molecule has 1 aliphatic heterocycles. The second-order valence-corrected chi connectivity index (χ2v) is 5.97. The van der Waals surface area contributed by atoms with Crippen molar-refractivity contribution in [1.82, 2.24) is 14.9 Å². The number of nitrogens with zero attached hydrogens (tertiary/aromatic N) is 1. The van der Waals surface area contributed by atoms with Crippen LogP contribution in [-0.2, 0) is 21.4 Å². The molecule has 0 saturated carbocycles. The first kappa shape index (κ1) is 12.5. The van der Waals surface area contributed by atoms with Crippen LogP contribution in [-0.4, -0.2) is 42.5 Å². The normalized spacial score (nSPS) is 25.3. The topological polar surface area (TPSA) is 104 Å². The van der Waals surface area contributed by atoms with E-state index in [4.69, 9.17) is 9.84 Å². The molecule has 0 spiro atoms. The van der Waals surface area contributed by atoms with Gasteiger partial charge in [0, 0.05) is 12.2 Å². The predicted molar refractivity (Wildman–Crippen MR) is 58.7 cm³/mol. The lowest BCUT2D eigenvalue weighted by Crippen LogP contribution is -2.46. The van der Waals surface area contributed by atoms with E-state index in [1.807, 2.05) is 0 Å². The first-order valence-corrected chi connectivity index (χ1v) is 6.70. The highest BCUT2D eigenvalue weighted by atomic mass is 32.2. The molecule has 1 atom stereocenters. The molecule has 2 rings (SSSR count). The predicted octanol–water partition coefficient (Wildman–Crippen LogP) is -0.641. The van der Waals surface area contributed by atoms with Crippen LogP contribution in [0.5, 0.6) is 0 Å². The van der Waals surface area contributed by atoms with Gasteiger partial charge in [-0.05, 0) is 13.3 Å². The Morgan fingerprint density at radius 1 is 1.71 bits per heavy atom. The summed E-state index contributed by atoms with van der Waals surface area (Å²) < 4.78 is 31.9. The number of hydrogen-bond acceptors (Lipinski definition) is 5. The van der Waals surface area contributed by atoms with Gasteiger partial charge in [0.2, 0.25) is 0 Å². The fourth-order valence-corrected chi connectivity index (χ4v) is 3.31. The maximum absolute atomic E-state index is 12.1. The zero-order valence-electron chi connectivity index (χ0n) is 9.43. The Bertz CT molecular complexity index is 490. The maximum Gasteiger partial charge on any atom is 0.258 e. The molecule has 3 N–H and O–H groups in total. The van der Waals surface area contributed by atoms with Crippen LogP contribution in [0, 0.1) is 0 Å². The summed E-state index contributed by atoms with van der Waals surface area (Å²) in [7, 11) is -3.71. The lowest BCUT2D eigenvalue weighted by Gasteiger charge is -2.22. The highest BCUT2D eigenvalue weighted by Gasteiger charge is 2.35. The van der Waals surface area contributed by atoms with Crippen LogP contribution in [0.1, 0.15) is 18.9 Å². The van der Waals surface area contributed by atoms with Gasteiger partial charge in [-0.15, -0.1) is 0 Å². The van der Waals surface area contributed by atoms with E-state index in [2.05, 4.69) is 14.9 Å². The van der Waals surface area contributed by atoms with Crippen molar-refractivity contribution in [3.63, 3.8) is 0 Å². The maximum atomic E-state index is 12.1. The number of ether oxygens (including phenoxy) is 1. The van der Waals surface area contributed by atoms with Crippen LogP contribution >= 0.6 is 0 Å². The van der Waals surface area contributed by atoms with Crippen molar-refractivity contribution in [2.24, 2.45) is 0 Å². The molecular weight excluding hydrogens is 246 g/mol. The quantitative estimate of drug-likeness (QED) is 0.668. The number of rotatable bonds is 4. The van der Waals surface area contributed by atoms with Gasteiger partial charge >= 0.3 is 0 Å². The summed E-state index contributed by atoms with van der Waals surface area (Å²) in [6.45, 7) is 2.29. The van der Waals surface area contributed by atoms with Crippen molar-refractivity contribution in [3.05, 3.63) is 11.8 Å². The molecule has 1 aromatic rings. The van der Waals surface area contributed by atoms with E-state index in [-0.39, 0.29) is 17.2 Å². The highest BCUT2D eigenvalue weighted by Crippen LogP contribution is 2.21. The van der Waals surface area contributed by atoms with Gasteiger partial charge in [-0.2, -0.15) is 5.10 Å². The Balaban J connectivity index is 2.25. The number of aliphatic hydroxyl groups excluding tert-OH is 1. The SMILES string of the molecule is CC1(NS(=O)(=O)c2[nH]ncc2CO)CCOC1. The van der Waals surface area contributed by atoms with Crippen molar-refractivity contribution in [2.45, 2.75) is 30.5 Å². The highest BCUT2D eigenvalue weighted by molar-refractivity contribution is 7.89. The fraction of sp³-hybridized carbons (Fsp3) is 0.667. The molecule has 1 aliphatic rings. The van der Waals surface area contributed by atoms with E-state index >= 15 is 0 Å². The van der Waals surface area contributed by atoms with Crippen LogP contribution in [0.15, 0.2) is 11.2 Å². The molecule has 1 unspecified atom stereocenters. The van der Waals surface area contributed by atoms with Gasteiger partial charge in [-0.25, -0.2) is 13.1 Å². The van der Waals surface area contributed by atoms with Gasteiger partial charge in [0.25, 0.3) is 10.0 Å². The average Bonchev–Trinajstić information content (AvgIpc) is 2.85. The standard InChI is InChI=1S/C9H15N3O4S/c1-9(2-3-16-6-9)12-17(14,15)8-7(5-13)4-10-11-8/h4,12-13H,2-3,5-6H2,1H3,(H,10,11). The second kappa shape index (κ2) is 4.37. The number of aliphatic hydroxyl groups is 1. The zero-order chi connectivity index (χ0) is 12.5. The average molecular weight is 261 g/mol. The molecule has 0 aromatic carbocycles. The number of aromatic amines is 1. The van der Waals surface area contributed by atoms with Gasteiger partial charge in [0.15, 0.2) is 5.03 Å². The minimum absolute atomic E-state index is 0.0897. The fourth-order valence-electron chi connectivity index (χ4n) is 1.77. The summed E-state index contributed by atoms with van der Waals surface area (Å²) in [6.07, 6.45) is 1.91. The van der Waals surface area contributed by atoms with E-state index in [1.54, 1.807) is 6.92 Å². The number of H-pyrrole nitrogens is 1. The minimum atomic E-state index is -3.71. The third kappa shape index (κ3) is 2.49. The summed E-state index contributed by atoms with van der Waals surface area (Å²) in [5.74, 6) is 0. The van der Waals surface area contributed by atoms with E-state index in [1.165, 1.54) is 6.20 Å². The van der Waals surface area contributed by atoms with Crippen molar-refractivity contribution in [3.8, 4) is 0 Å². The molecule has 0 amide bonds. The van der Waals surface area contributed by atoms with Gasteiger partial charge in [-0.1, -0.05) is 0 Å². The molecule has 96 valence electrons. The van der Waals surface area contributed by atoms with Crippen LogP contribution in [0.25, 0.3) is 0 Å². The monoisotopic (exact) mass is 261 g/mol. The van der Waals surface area contributed by atoms with Gasteiger partial charge < -0.3 is 9.84 Å². The van der Waals surface area contributed by atoms with Gasteiger partial charge in [0.05, 0.1) is 24.9 Å². The Morgan fingerprint density at radius 3 is 3.06 bits per heavy atom. The Labute approximate surface area is 99.2 Å². The van der Waals surface area contributed by atoms with Crippen LogP contribution in [0.3, 0.4) is 0 Å². The number of hydrogen-bond donors (Lipinski definition) is 3. The van der Waals surface area contributed by atoms with Gasteiger partial charge in [0.1, 0.15) is 0 Å². The minimum Gasteiger partial charge on any atom is -0.392 e. The number of aromatic nitrogens is 2. The zero-order valence-corrected chi connectivity index (χ0v) is 10.2. The van der Waals surface area contributed by atoms with Crippen LogP contribution in [0.4, 0.5) is 0 Å². The van der Waals surface area contributed by atoms with Gasteiger partial charge in [-0.3, -0.25) is 5.10 Å². The van der Waals surface area contributed by atoms with Crippen molar-refractivity contribution in [1.29, 1.82) is 0 Å². The van der Waals surface area contributed by atoms with Crippen LogP contribution < -0.4 is 4.72 Å². The first-order chi connectivity index (χ1) is 7.97. The first-order valence-electron chi connectivity index (χ1n) is 5.22. The summed E-state index contributed by atoms with van der Waals surface area (Å²) in [6, 6.07) is 0. The molecule has 17 heavy (non-hydrogen) atoms. The summed E-state index contributed by atoms with van der Waals surface area (Å²) in [5, 5.41) is 14.9. The largest absolute Gasteiger partial charge is 0.392 e. The van der Waals surface area contributed by atoms with E-state index < -0.39 is 15.6 Å². The molecule has 1 aromatic heterocycles. The molecule has 8 heteroatoms. The molecule has 2 heterocycles. The molecular formula is C9H15N3O4S. The summed E-state index contributed by atoms with van der Waals surface area (Å²) in [5.41, 5.74) is -0.351. The summed E-state index contributed by atoms with van der Waals surface area (Å²) in [4.78, 5) is 0. The number of sulfonamides is 1. The lowest BCUT2D eigenvalue weighted by molar-refractivity contribution is 0.178. The number of nitrogens with one attached hydrogen (secondary N) is 2. The van der Waals surface area contributed by atoms with E-state index in [0.29, 0.717) is 19.6 Å². The summed E-state index contributed by atoms with van der Waals surface area (Å²) >= 11 is 0. The van der Waals surface area contributed by atoms with Crippen molar-refractivity contribution in [2.75, 3.05) is 13.2 Å². The molecule has 1 saturated heterocycles. The smallest absolute Gasteiger partial charge is 0.258 e. The second-order valence-electron chi connectivity index (χ2n) is 4.35. The molecule has 1 fully saturated rings. The lowest BCUT2D eigenvalue weighted by atomic mass is 10.0. The third-order valence-electron chi connectivity index (χ3n) is 2.72. The van der Waals surface area contributed by atoms with Crippen molar-refractivity contribution < 1.29 is 18.3 Å². The molecule has 0 radical (unpaired) electrons. The van der Waals surface area contributed by atoms with E-state index in [9.17, 15) is 8.42 Å². The Hall–Kier alpha value is -0.960. The van der Waals surface area contributed by atoms with Crippen LogP contribution in [0.2, 0.25) is 0 Å². The Morgan fingerprint density at radius 2 is 2.47 bits per heavy atom. The molecule has 7 nitrogen and oxygen atoms in total.